The summed E-state index contributed by atoms with van der Waals surface area (Å²) in [4.78, 5) is 25.4. The molecule has 7 atom stereocenters. The molecule has 3 aliphatic rings. The Balaban J connectivity index is 1.80. The molecule has 29 heavy (non-hydrogen) atoms. The van der Waals surface area contributed by atoms with Crippen LogP contribution in [0.2, 0.25) is 0 Å². The third-order valence-corrected chi connectivity index (χ3v) is 9.24. The molecule has 0 radical (unpaired) electrons. The van der Waals surface area contributed by atoms with Crippen molar-refractivity contribution in [3.05, 3.63) is 12.2 Å². The van der Waals surface area contributed by atoms with E-state index in [9.17, 15) is 14.7 Å². The van der Waals surface area contributed by atoms with Gasteiger partial charge in [0.1, 0.15) is 0 Å². The molecule has 3 heteroatoms. The Kier molecular flexibility index (Phi) is 6.65. The maximum atomic E-state index is 12.8. The van der Waals surface area contributed by atoms with Crippen LogP contribution in [0.1, 0.15) is 92.4 Å². The molecule has 164 valence electrons. The second kappa shape index (κ2) is 8.55. The fraction of sp³-hybridized carbons (Fsp3) is 0.846. The summed E-state index contributed by atoms with van der Waals surface area (Å²) < 4.78 is 0. The van der Waals surface area contributed by atoms with Crippen molar-refractivity contribution in [3.63, 3.8) is 0 Å². The van der Waals surface area contributed by atoms with Gasteiger partial charge in [0.2, 0.25) is 0 Å². The Bertz CT molecular complexity index is 650. The van der Waals surface area contributed by atoms with Gasteiger partial charge in [0.15, 0.2) is 5.78 Å². The predicted molar refractivity (Wildman–Crippen MR) is 118 cm³/mol. The normalized spacial score (nSPS) is 40.8. The minimum atomic E-state index is -0.664. The molecule has 0 spiro atoms. The van der Waals surface area contributed by atoms with E-state index >= 15 is 0 Å². The van der Waals surface area contributed by atoms with Crippen LogP contribution < -0.4 is 0 Å². The lowest BCUT2D eigenvalue weighted by molar-refractivity contribution is -0.159. The first-order valence-corrected chi connectivity index (χ1v) is 12.0. The summed E-state index contributed by atoms with van der Waals surface area (Å²) in [5.74, 6) is 1.34. The summed E-state index contributed by atoms with van der Waals surface area (Å²) >= 11 is 0. The summed E-state index contributed by atoms with van der Waals surface area (Å²) in [5, 5.41) is 10.3. The fourth-order valence-corrected chi connectivity index (χ4v) is 7.48. The highest BCUT2D eigenvalue weighted by molar-refractivity contribution is 5.96. The summed E-state index contributed by atoms with van der Waals surface area (Å²) in [6.07, 6.45) is 13.3. The first kappa shape index (κ1) is 22.6. The Labute approximate surface area is 177 Å². The molecule has 0 saturated heterocycles. The average Bonchev–Trinajstić information content (AvgIpc) is 2.99. The molecular weight excluding hydrogens is 360 g/mol. The Morgan fingerprint density at radius 2 is 1.83 bits per heavy atom. The van der Waals surface area contributed by atoms with E-state index in [-0.39, 0.29) is 29.0 Å². The number of carbonyl (C=O) groups is 2. The van der Waals surface area contributed by atoms with Crippen LogP contribution in [-0.2, 0) is 9.59 Å². The predicted octanol–water partition coefficient (Wildman–Crippen LogP) is 6.52. The molecule has 1 N–H and O–H groups in total. The Hall–Kier alpha value is -1.12. The van der Waals surface area contributed by atoms with E-state index in [1.165, 1.54) is 19.3 Å². The minimum Gasteiger partial charge on any atom is -0.481 e. The van der Waals surface area contributed by atoms with Crippen molar-refractivity contribution in [1.82, 2.24) is 0 Å². The van der Waals surface area contributed by atoms with E-state index in [0.717, 1.165) is 44.4 Å². The van der Waals surface area contributed by atoms with Crippen molar-refractivity contribution in [2.45, 2.75) is 92.4 Å². The van der Waals surface area contributed by atoms with E-state index in [1.54, 1.807) is 6.08 Å². The lowest BCUT2D eigenvalue weighted by Gasteiger charge is -2.52. The van der Waals surface area contributed by atoms with Gasteiger partial charge in [0.25, 0.3) is 0 Å². The zero-order chi connectivity index (χ0) is 21.4. The highest BCUT2D eigenvalue weighted by Gasteiger charge is 2.60. The molecule has 0 bridgehead atoms. The van der Waals surface area contributed by atoms with Crippen molar-refractivity contribution in [3.8, 4) is 0 Å². The van der Waals surface area contributed by atoms with Crippen LogP contribution in [0.25, 0.3) is 0 Å². The van der Waals surface area contributed by atoms with Gasteiger partial charge in [-0.2, -0.15) is 0 Å². The first-order chi connectivity index (χ1) is 13.6. The van der Waals surface area contributed by atoms with Gasteiger partial charge in [0, 0.05) is 5.41 Å². The molecule has 2 fully saturated rings. The molecule has 4 unspecified atom stereocenters. The number of ketones is 1. The summed E-state index contributed by atoms with van der Waals surface area (Å²) in [6.45, 7) is 11.4. The number of carbonyl (C=O) groups excluding carboxylic acids is 1. The van der Waals surface area contributed by atoms with Gasteiger partial charge in [-0.25, -0.2) is 0 Å². The molecule has 0 aromatic carbocycles. The van der Waals surface area contributed by atoms with Crippen LogP contribution in [0.5, 0.6) is 0 Å². The monoisotopic (exact) mass is 402 g/mol. The number of carboxylic acids is 1. The second-order valence-electron chi connectivity index (χ2n) is 11.3. The zero-order valence-electron chi connectivity index (χ0n) is 19.2. The molecule has 3 nitrogen and oxygen atoms in total. The molecular formula is C26H42O3. The van der Waals surface area contributed by atoms with E-state index in [4.69, 9.17) is 0 Å². The van der Waals surface area contributed by atoms with Gasteiger partial charge in [0.05, 0.1) is 5.92 Å². The van der Waals surface area contributed by atoms with Crippen LogP contribution in [-0.4, -0.2) is 16.9 Å². The smallest absolute Gasteiger partial charge is 0.307 e. The standard InChI is InChI=1S/C26H42O3/c1-17(2)9-8-10-18(3)19-12-13-20-23(24(28)29)21(14-16-25(19,20)4)26(5)15-7-6-11-22(26)27/h6,11,17-21,23H,7-10,12-16H2,1-5H3,(H,28,29)/t18?,19?,20?,21?,23-,25-,26-/m0/s1. The molecule has 0 aromatic heterocycles. The summed E-state index contributed by atoms with van der Waals surface area (Å²) in [7, 11) is 0. The largest absolute Gasteiger partial charge is 0.481 e. The number of aliphatic carboxylic acids is 1. The highest BCUT2D eigenvalue weighted by Crippen LogP contribution is 2.64. The fourth-order valence-electron chi connectivity index (χ4n) is 7.48. The molecule has 0 heterocycles. The molecule has 0 aliphatic heterocycles. The topological polar surface area (TPSA) is 54.4 Å². The average molecular weight is 403 g/mol. The van der Waals surface area contributed by atoms with Gasteiger partial charge in [-0.1, -0.05) is 60.0 Å². The minimum absolute atomic E-state index is 0.0227. The molecule has 0 amide bonds. The number of allylic oxidation sites excluding steroid dienone is 2. The van der Waals surface area contributed by atoms with E-state index in [2.05, 4.69) is 27.7 Å². The number of carboxylic acid groups (broad SMARTS) is 1. The van der Waals surface area contributed by atoms with Gasteiger partial charge in [-0.05, 0) is 79.6 Å². The molecule has 3 rings (SSSR count). The van der Waals surface area contributed by atoms with Crippen molar-refractivity contribution >= 4 is 11.8 Å². The van der Waals surface area contributed by atoms with Crippen molar-refractivity contribution in [2.24, 2.45) is 46.3 Å². The van der Waals surface area contributed by atoms with Gasteiger partial charge in [-0.15, -0.1) is 0 Å². The summed E-state index contributed by atoms with van der Waals surface area (Å²) in [6, 6.07) is 0. The molecule has 3 aliphatic carbocycles. The van der Waals surface area contributed by atoms with Crippen LogP contribution >= 0.6 is 0 Å². The Morgan fingerprint density at radius 3 is 2.45 bits per heavy atom. The summed E-state index contributed by atoms with van der Waals surface area (Å²) in [5.41, 5.74) is -0.388. The van der Waals surface area contributed by atoms with E-state index in [0.29, 0.717) is 11.8 Å². The van der Waals surface area contributed by atoms with E-state index in [1.807, 2.05) is 13.0 Å². The lowest BCUT2D eigenvalue weighted by Crippen LogP contribution is -2.52. The van der Waals surface area contributed by atoms with Gasteiger partial charge < -0.3 is 5.11 Å². The van der Waals surface area contributed by atoms with Crippen LogP contribution in [0.4, 0.5) is 0 Å². The van der Waals surface area contributed by atoms with Gasteiger partial charge in [-0.3, -0.25) is 9.59 Å². The molecule has 0 aromatic rings. The van der Waals surface area contributed by atoms with E-state index < -0.39 is 11.4 Å². The maximum absolute atomic E-state index is 12.8. The SMILES string of the molecule is CC(C)CCCC(C)C1CCC2[C@H](C(=O)O)C([C@]3(C)CCC=CC3=O)CC[C@@]12C. The van der Waals surface area contributed by atoms with Crippen LogP contribution in [0.15, 0.2) is 12.2 Å². The van der Waals surface area contributed by atoms with Gasteiger partial charge >= 0.3 is 5.97 Å². The van der Waals surface area contributed by atoms with Crippen molar-refractivity contribution in [2.75, 3.05) is 0 Å². The van der Waals surface area contributed by atoms with Crippen LogP contribution in [0.3, 0.4) is 0 Å². The lowest BCUT2D eigenvalue weighted by atomic mass is 9.50. The highest BCUT2D eigenvalue weighted by atomic mass is 16.4. The Morgan fingerprint density at radius 1 is 1.10 bits per heavy atom. The maximum Gasteiger partial charge on any atom is 0.307 e. The first-order valence-electron chi connectivity index (χ1n) is 12.0. The zero-order valence-corrected chi connectivity index (χ0v) is 19.2. The second-order valence-corrected chi connectivity index (χ2v) is 11.3. The number of hydrogen-bond acceptors (Lipinski definition) is 2. The number of hydrogen-bond donors (Lipinski definition) is 1. The van der Waals surface area contributed by atoms with Crippen molar-refractivity contribution in [1.29, 1.82) is 0 Å². The molecule has 2 saturated carbocycles. The van der Waals surface area contributed by atoms with Crippen LogP contribution in [0, 0.1) is 46.3 Å². The number of fused-ring (bicyclic) bond motifs is 1. The number of rotatable bonds is 7. The quantitative estimate of drug-likeness (QED) is 0.527. The third-order valence-electron chi connectivity index (χ3n) is 9.24. The third kappa shape index (κ3) is 4.08. The van der Waals surface area contributed by atoms with Crippen molar-refractivity contribution < 1.29 is 14.7 Å².